The second-order valence-electron chi connectivity index (χ2n) is 4.41. The maximum Gasteiger partial charge on any atom is 0.141 e. The van der Waals surface area contributed by atoms with Crippen LogP contribution in [0.5, 0.6) is 0 Å². The van der Waals surface area contributed by atoms with Crippen molar-refractivity contribution in [2.24, 2.45) is 0 Å². The van der Waals surface area contributed by atoms with Gasteiger partial charge in [0.1, 0.15) is 11.6 Å². The van der Waals surface area contributed by atoms with Crippen LogP contribution in [0.25, 0.3) is 22.4 Å². The zero-order valence-corrected chi connectivity index (χ0v) is 10.2. The van der Waals surface area contributed by atoms with Crippen LogP contribution in [-0.2, 0) is 0 Å². The van der Waals surface area contributed by atoms with E-state index in [1.54, 1.807) is 24.3 Å². The number of nitrogens with one attached hydrogen (secondary N) is 1. The van der Waals surface area contributed by atoms with E-state index in [9.17, 15) is 4.39 Å². The minimum absolute atomic E-state index is 0.306. The van der Waals surface area contributed by atoms with E-state index < -0.39 is 0 Å². The van der Waals surface area contributed by atoms with Crippen LogP contribution in [0.15, 0.2) is 36.4 Å². The Balaban J connectivity index is 2.18. The summed E-state index contributed by atoms with van der Waals surface area (Å²) < 4.78 is 13.9. The molecule has 0 saturated carbocycles. The minimum atomic E-state index is -0.306. The fraction of sp³-hybridized carbons (Fsp3) is 0.0667. The molecule has 0 aliphatic carbocycles. The first-order valence-corrected chi connectivity index (χ1v) is 5.84. The highest BCUT2D eigenvalue weighted by Gasteiger charge is 2.10. The van der Waals surface area contributed by atoms with E-state index >= 15 is 0 Å². The van der Waals surface area contributed by atoms with Crippen LogP contribution in [0.2, 0.25) is 0 Å². The first kappa shape index (κ1) is 11.4. The quantitative estimate of drug-likeness (QED) is 0.719. The molecule has 19 heavy (non-hydrogen) atoms. The van der Waals surface area contributed by atoms with E-state index in [0.717, 1.165) is 11.1 Å². The number of benzene rings is 2. The average molecular weight is 251 g/mol. The molecule has 2 aromatic carbocycles. The lowest BCUT2D eigenvalue weighted by atomic mass is 10.1. The molecule has 0 spiro atoms. The summed E-state index contributed by atoms with van der Waals surface area (Å²) in [5.41, 5.74) is 3.29. The SMILES string of the molecule is Cc1ccc(-c2nc3ccc(C#N)cc3[nH]2)c(F)c1. The molecule has 4 heteroatoms. The van der Waals surface area contributed by atoms with E-state index in [0.29, 0.717) is 22.5 Å². The smallest absolute Gasteiger partial charge is 0.141 e. The summed E-state index contributed by atoms with van der Waals surface area (Å²) in [6.07, 6.45) is 0. The van der Waals surface area contributed by atoms with Gasteiger partial charge in [0, 0.05) is 0 Å². The number of aromatic nitrogens is 2. The van der Waals surface area contributed by atoms with Gasteiger partial charge in [-0.2, -0.15) is 5.26 Å². The number of nitrogens with zero attached hydrogens (tertiary/aromatic N) is 2. The zero-order valence-electron chi connectivity index (χ0n) is 10.2. The maximum atomic E-state index is 13.9. The number of rotatable bonds is 1. The van der Waals surface area contributed by atoms with E-state index in [2.05, 4.69) is 16.0 Å². The van der Waals surface area contributed by atoms with Crippen molar-refractivity contribution in [3.8, 4) is 17.5 Å². The molecule has 3 nitrogen and oxygen atoms in total. The number of H-pyrrole nitrogens is 1. The molecule has 92 valence electrons. The van der Waals surface area contributed by atoms with Crippen molar-refractivity contribution >= 4 is 11.0 Å². The largest absolute Gasteiger partial charge is 0.338 e. The van der Waals surface area contributed by atoms with Crippen molar-refractivity contribution in [1.82, 2.24) is 9.97 Å². The highest BCUT2D eigenvalue weighted by Crippen LogP contribution is 2.24. The van der Waals surface area contributed by atoms with Crippen LogP contribution < -0.4 is 0 Å². The molecule has 3 rings (SSSR count). The monoisotopic (exact) mass is 251 g/mol. The minimum Gasteiger partial charge on any atom is -0.338 e. The Kier molecular flexibility index (Phi) is 2.53. The summed E-state index contributed by atoms with van der Waals surface area (Å²) in [6, 6.07) is 12.2. The number of aromatic amines is 1. The number of nitriles is 1. The predicted molar refractivity (Wildman–Crippen MR) is 70.9 cm³/mol. The molecule has 0 radical (unpaired) electrons. The standard InChI is InChI=1S/C15H10FN3/c1-9-2-4-11(12(16)6-9)15-18-13-5-3-10(8-17)7-14(13)19-15/h2-7H,1H3,(H,18,19). The third-order valence-corrected chi connectivity index (χ3v) is 2.99. The molecule has 1 N–H and O–H groups in total. The van der Waals surface area contributed by atoms with Gasteiger partial charge in [0.2, 0.25) is 0 Å². The summed E-state index contributed by atoms with van der Waals surface area (Å²) in [6.45, 7) is 1.84. The molecule has 0 atom stereocenters. The number of hydrogen-bond donors (Lipinski definition) is 1. The number of aryl methyl sites for hydroxylation is 1. The van der Waals surface area contributed by atoms with Gasteiger partial charge in [-0.3, -0.25) is 0 Å². The van der Waals surface area contributed by atoms with E-state index in [-0.39, 0.29) is 5.82 Å². The summed E-state index contributed by atoms with van der Waals surface area (Å²) in [7, 11) is 0. The second-order valence-corrected chi connectivity index (χ2v) is 4.41. The Labute approximate surface area is 109 Å². The lowest BCUT2D eigenvalue weighted by Gasteiger charge is -2.00. The molecule has 0 fully saturated rings. The van der Waals surface area contributed by atoms with Crippen molar-refractivity contribution in [3.05, 3.63) is 53.3 Å². The van der Waals surface area contributed by atoms with Crippen molar-refractivity contribution < 1.29 is 4.39 Å². The van der Waals surface area contributed by atoms with Crippen molar-refractivity contribution in [1.29, 1.82) is 5.26 Å². The maximum absolute atomic E-state index is 13.9. The Morgan fingerprint density at radius 2 is 2.05 bits per heavy atom. The topological polar surface area (TPSA) is 52.5 Å². The molecule has 3 aromatic rings. The summed E-state index contributed by atoms with van der Waals surface area (Å²) >= 11 is 0. The zero-order chi connectivity index (χ0) is 13.4. The van der Waals surface area contributed by atoms with E-state index in [1.165, 1.54) is 6.07 Å². The number of hydrogen-bond acceptors (Lipinski definition) is 2. The van der Waals surface area contributed by atoms with Crippen LogP contribution in [0.4, 0.5) is 4.39 Å². The van der Waals surface area contributed by atoms with Crippen LogP contribution >= 0.6 is 0 Å². The van der Waals surface area contributed by atoms with Crippen molar-refractivity contribution in [2.45, 2.75) is 6.92 Å². The van der Waals surface area contributed by atoms with Gasteiger partial charge in [0.15, 0.2) is 0 Å². The van der Waals surface area contributed by atoms with E-state index in [1.807, 2.05) is 13.0 Å². The van der Waals surface area contributed by atoms with Crippen molar-refractivity contribution in [2.75, 3.05) is 0 Å². The lowest BCUT2D eigenvalue weighted by Crippen LogP contribution is -1.87. The Hall–Kier alpha value is -2.67. The Morgan fingerprint density at radius 3 is 2.79 bits per heavy atom. The van der Waals surface area contributed by atoms with Crippen LogP contribution in [0.1, 0.15) is 11.1 Å². The molecule has 0 aliphatic rings. The second kappa shape index (κ2) is 4.21. The van der Waals surface area contributed by atoms with Gasteiger partial charge in [-0.1, -0.05) is 6.07 Å². The Bertz CT molecular complexity index is 812. The number of halogens is 1. The molecule has 1 aromatic heterocycles. The number of imidazole rings is 1. The molecule has 0 unspecified atom stereocenters. The predicted octanol–water partition coefficient (Wildman–Crippen LogP) is 3.55. The van der Waals surface area contributed by atoms with Gasteiger partial charge >= 0.3 is 0 Å². The molecular formula is C15H10FN3. The van der Waals surface area contributed by atoms with Gasteiger partial charge in [-0.05, 0) is 42.8 Å². The molecule has 0 bridgehead atoms. The highest BCUT2D eigenvalue weighted by molar-refractivity contribution is 5.80. The van der Waals surface area contributed by atoms with Crippen molar-refractivity contribution in [3.63, 3.8) is 0 Å². The first-order chi connectivity index (χ1) is 9.17. The van der Waals surface area contributed by atoms with Crippen LogP contribution in [0, 0.1) is 24.1 Å². The van der Waals surface area contributed by atoms with Gasteiger partial charge in [-0.15, -0.1) is 0 Å². The summed E-state index contributed by atoms with van der Waals surface area (Å²) in [5.74, 6) is 0.169. The molecule has 0 amide bonds. The fourth-order valence-electron chi connectivity index (χ4n) is 2.02. The first-order valence-electron chi connectivity index (χ1n) is 5.84. The van der Waals surface area contributed by atoms with E-state index in [4.69, 9.17) is 5.26 Å². The number of fused-ring (bicyclic) bond motifs is 1. The lowest BCUT2D eigenvalue weighted by molar-refractivity contribution is 0.629. The summed E-state index contributed by atoms with van der Waals surface area (Å²) in [4.78, 5) is 7.39. The molecule has 0 aliphatic heterocycles. The normalized spacial score (nSPS) is 10.6. The Morgan fingerprint density at radius 1 is 1.21 bits per heavy atom. The van der Waals surface area contributed by atoms with Gasteiger partial charge < -0.3 is 4.98 Å². The molecule has 1 heterocycles. The molecule has 0 saturated heterocycles. The van der Waals surface area contributed by atoms with Crippen LogP contribution in [-0.4, -0.2) is 9.97 Å². The third-order valence-electron chi connectivity index (χ3n) is 2.99. The summed E-state index contributed by atoms with van der Waals surface area (Å²) in [5, 5.41) is 8.85. The van der Waals surface area contributed by atoms with Gasteiger partial charge in [0.05, 0.1) is 28.2 Å². The van der Waals surface area contributed by atoms with Crippen LogP contribution in [0.3, 0.4) is 0 Å². The van der Waals surface area contributed by atoms with Gasteiger partial charge in [0.25, 0.3) is 0 Å². The highest BCUT2D eigenvalue weighted by atomic mass is 19.1. The fourth-order valence-corrected chi connectivity index (χ4v) is 2.02. The molecular weight excluding hydrogens is 241 g/mol. The average Bonchev–Trinajstić information content (AvgIpc) is 2.80. The van der Waals surface area contributed by atoms with Gasteiger partial charge in [-0.25, -0.2) is 9.37 Å². The third kappa shape index (κ3) is 1.95.